The Kier molecular flexibility index (Phi) is 6.09. The van der Waals surface area contributed by atoms with Crippen LogP contribution in [0, 0.1) is 0 Å². The molecule has 0 aromatic heterocycles. The quantitative estimate of drug-likeness (QED) is 0.765. The molecule has 2 aromatic rings. The number of rotatable bonds is 5. The van der Waals surface area contributed by atoms with Gasteiger partial charge in [0.2, 0.25) is 0 Å². The summed E-state index contributed by atoms with van der Waals surface area (Å²) in [6, 6.07) is 21.9. The molecule has 1 aliphatic heterocycles. The van der Waals surface area contributed by atoms with Crippen LogP contribution in [0.2, 0.25) is 0 Å². The zero-order valence-electron chi connectivity index (χ0n) is 13.6. The van der Waals surface area contributed by atoms with Gasteiger partial charge in [-0.1, -0.05) is 60.7 Å². The number of hydrogen-bond acceptors (Lipinski definition) is 2. The van der Waals surface area contributed by atoms with E-state index in [2.05, 4.69) is 70.5 Å². The van der Waals surface area contributed by atoms with Gasteiger partial charge >= 0.3 is 0 Å². The molecule has 0 saturated carbocycles. The Morgan fingerprint density at radius 1 is 0.826 bits per heavy atom. The van der Waals surface area contributed by atoms with E-state index in [0.717, 1.165) is 32.7 Å². The molecule has 1 fully saturated rings. The Labute approximate surface area is 144 Å². The second kappa shape index (κ2) is 8.49. The van der Waals surface area contributed by atoms with Crippen LogP contribution in [0.5, 0.6) is 0 Å². The van der Waals surface area contributed by atoms with E-state index in [-0.39, 0.29) is 0 Å². The third-order valence-corrected chi connectivity index (χ3v) is 4.92. The maximum absolute atomic E-state index is 6.31. The molecule has 0 spiro atoms. The second-order valence-corrected chi connectivity index (χ2v) is 6.65. The van der Waals surface area contributed by atoms with Crippen LogP contribution in [-0.4, -0.2) is 41.4 Å². The highest BCUT2D eigenvalue weighted by Crippen LogP contribution is 2.17. The Morgan fingerprint density at radius 2 is 1.43 bits per heavy atom. The summed E-state index contributed by atoms with van der Waals surface area (Å²) >= 11 is 6.31. The fraction of sp³-hybridized carbons (Fsp3) is 0.400. The average molecular weight is 329 g/mol. The maximum Gasteiger partial charge on any atom is 0.0392 e. The molecule has 2 aromatic carbocycles. The van der Waals surface area contributed by atoms with Crippen LogP contribution in [0.25, 0.3) is 0 Å². The lowest BCUT2D eigenvalue weighted by atomic mass is 10.1. The number of nitrogens with zero attached hydrogens (tertiary/aromatic N) is 2. The molecule has 1 saturated heterocycles. The maximum atomic E-state index is 6.31. The van der Waals surface area contributed by atoms with Gasteiger partial charge in [0.15, 0.2) is 0 Å². The van der Waals surface area contributed by atoms with Gasteiger partial charge < -0.3 is 0 Å². The van der Waals surface area contributed by atoms with Crippen LogP contribution in [-0.2, 0) is 13.1 Å². The van der Waals surface area contributed by atoms with E-state index < -0.39 is 0 Å². The summed E-state index contributed by atoms with van der Waals surface area (Å²) in [7, 11) is 0. The van der Waals surface area contributed by atoms with Crippen LogP contribution in [0.15, 0.2) is 60.7 Å². The Balaban J connectivity index is 1.64. The van der Waals surface area contributed by atoms with Crippen LogP contribution in [0.1, 0.15) is 17.5 Å². The molecule has 122 valence electrons. The molecule has 1 aliphatic rings. The zero-order valence-corrected chi connectivity index (χ0v) is 14.3. The van der Waals surface area contributed by atoms with Gasteiger partial charge in [-0.15, -0.1) is 11.6 Å². The Hall–Kier alpha value is -1.35. The van der Waals surface area contributed by atoms with Gasteiger partial charge in [-0.25, -0.2) is 0 Å². The number of benzene rings is 2. The summed E-state index contributed by atoms with van der Waals surface area (Å²) in [5.41, 5.74) is 2.76. The van der Waals surface area contributed by atoms with Crippen LogP contribution in [0.4, 0.5) is 0 Å². The Morgan fingerprint density at radius 3 is 2.04 bits per heavy atom. The molecule has 3 rings (SSSR count). The van der Waals surface area contributed by atoms with Crippen LogP contribution < -0.4 is 0 Å². The van der Waals surface area contributed by atoms with Crippen molar-refractivity contribution in [1.29, 1.82) is 0 Å². The average Bonchev–Trinajstić information content (AvgIpc) is 2.79. The lowest BCUT2D eigenvalue weighted by Gasteiger charge is -2.30. The SMILES string of the molecule is ClCC1CN(Cc2ccccc2)CCCN1Cc1ccccc1. The summed E-state index contributed by atoms with van der Waals surface area (Å²) in [5.74, 6) is 0.693. The molecule has 0 N–H and O–H groups in total. The number of hydrogen-bond donors (Lipinski definition) is 0. The molecule has 0 radical (unpaired) electrons. The van der Waals surface area contributed by atoms with E-state index in [4.69, 9.17) is 11.6 Å². The van der Waals surface area contributed by atoms with Gasteiger partial charge in [-0.05, 0) is 24.1 Å². The summed E-state index contributed by atoms with van der Waals surface area (Å²) in [4.78, 5) is 5.10. The largest absolute Gasteiger partial charge is 0.297 e. The highest BCUT2D eigenvalue weighted by atomic mass is 35.5. The molecule has 23 heavy (non-hydrogen) atoms. The minimum absolute atomic E-state index is 0.420. The topological polar surface area (TPSA) is 6.48 Å². The van der Waals surface area contributed by atoms with Crippen molar-refractivity contribution in [1.82, 2.24) is 9.80 Å². The van der Waals surface area contributed by atoms with Crippen molar-refractivity contribution in [2.24, 2.45) is 0 Å². The van der Waals surface area contributed by atoms with Crippen molar-refractivity contribution in [3.63, 3.8) is 0 Å². The highest BCUT2D eigenvalue weighted by molar-refractivity contribution is 6.18. The lowest BCUT2D eigenvalue weighted by Crippen LogP contribution is -2.41. The number of halogens is 1. The first-order valence-corrected chi connectivity index (χ1v) is 8.99. The molecule has 0 aliphatic carbocycles. The van der Waals surface area contributed by atoms with Gasteiger partial charge in [-0.3, -0.25) is 9.80 Å². The van der Waals surface area contributed by atoms with Crippen molar-refractivity contribution >= 4 is 11.6 Å². The van der Waals surface area contributed by atoms with Gasteiger partial charge in [-0.2, -0.15) is 0 Å². The van der Waals surface area contributed by atoms with E-state index in [1.807, 2.05) is 0 Å². The molecule has 0 bridgehead atoms. The molecule has 1 atom stereocenters. The summed E-state index contributed by atoms with van der Waals surface area (Å²) in [6.07, 6.45) is 1.20. The predicted octanol–water partition coefficient (Wildman–Crippen LogP) is 4.00. The van der Waals surface area contributed by atoms with E-state index in [1.54, 1.807) is 0 Å². The van der Waals surface area contributed by atoms with E-state index >= 15 is 0 Å². The van der Waals surface area contributed by atoms with E-state index in [9.17, 15) is 0 Å². The fourth-order valence-corrected chi connectivity index (χ4v) is 3.64. The third kappa shape index (κ3) is 4.81. The van der Waals surface area contributed by atoms with Gasteiger partial charge in [0.25, 0.3) is 0 Å². The van der Waals surface area contributed by atoms with E-state index in [1.165, 1.54) is 17.5 Å². The van der Waals surface area contributed by atoms with Gasteiger partial charge in [0, 0.05) is 38.1 Å². The fourth-order valence-electron chi connectivity index (χ4n) is 3.34. The summed E-state index contributed by atoms with van der Waals surface area (Å²) < 4.78 is 0. The molecular weight excluding hydrogens is 304 g/mol. The van der Waals surface area contributed by atoms with Crippen molar-refractivity contribution in [3.8, 4) is 0 Å². The van der Waals surface area contributed by atoms with Gasteiger partial charge in [0.05, 0.1) is 0 Å². The highest BCUT2D eigenvalue weighted by Gasteiger charge is 2.24. The Bertz CT molecular complexity index is 573. The first kappa shape index (κ1) is 16.5. The van der Waals surface area contributed by atoms with Crippen molar-refractivity contribution in [3.05, 3.63) is 71.8 Å². The number of alkyl halides is 1. The van der Waals surface area contributed by atoms with Crippen molar-refractivity contribution in [2.45, 2.75) is 25.6 Å². The normalized spacial score (nSPS) is 20.3. The lowest BCUT2D eigenvalue weighted by molar-refractivity contribution is 0.183. The third-order valence-electron chi connectivity index (χ3n) is 4.56. The van der Waals surface area contributed by atoms with Gasteiger partial charge in [0.1, 0.15) is 0 Å². The van der Waals surface area contributed by atoms with Crippen LogP contribution in [0.3, 0.4) is 0 Å². The minimum Gasteiger partial charge on any atom is -0.297 e. The van der Waals surface area contributed by atoms with Crippen molar-refractivity contribution < 1.29 is 0 Å². The summed E-state index contributed by atoms with van der Waals surface area (Å²) in [5, 5.41) is 0. The monoisotopic (exact) mass is 328 g/mol. The summed E-state index contributed by atoms with van der Waals surface area (Å²) in [6.45, 7) is 5.33. The molecule has 1 unspecified atom stereocenters. The molecule has 3 heteroatoms. The minimum atomic E-state index is 0.420. The van der Waals surface area contributed by atoms with E-state index in [0.29, 0.717) is 11.9 Å². The first-order chi connectivity index (χ1) is 11.3. The molecule has 2 nitrogen and oxygen atoms in total. The predicted molar refractivity (Wildman–Crippen MR) is 97.7 cm³/mol. The second-order valence-electron chi connectivity index (χ2n) is 6.34. The molecule has 1 heterocycles. The van der Waals surface area contributed by atoms with Crippen LogP contribution >= 0.6 is 11.6 Å². The standard InChI is InChI=1S/C20H25ClN2/c21-14-20-17-22(15-18-8-3-1-4-9-18)12-7-13-23(20)16-19-10-5-2-6-11-19/h1-6,8-11,20H,7,12-17H2. The first-order valence-electron chi connectivity index (χ1n) is 8.45. The van der Waals surface area contributed by atoms with Crippen molar-refractivity contribution in [2.75, 3.05) is 25.5 Å². The molecule has 0 amide bonds. The smallest absolute Gasteiger partial charge is 0.0392 e. The molecular formula is C20H25ClN2. The zero-order chi connectivity index (χ0) is 15.9.